The Morgan fingerprint density at radius 1 is 1.26 bits per heavy atom. The summed E-state index contributed by atoms with van der Waals surface area (Å²) in [6.07, 6.45) is -0.614. The largest absolute Gasteiger partial charge is 0.408 e. The lowest BCUT2D eigenvalue weighted by Crippen LogP contribution is -2.17. The Morgan fingerprint density at radius 2 is 1.87 bits per heavy atom. The van der Waals surface area contributed by atoms with Gasteiger partial charge < -0.3 is 5.32 Å². The first-order valence-corrected chi connectivity index (χ1v) is 8.59. The summed E-state index contributed by atoms with van der Waals surface area (Å²) in [4.78, 5) is 0.214. The highest BCUT2D eigenvalue weighted by Gasteiger charge is 2.28. The van der Waals surface area contributed by atoms with Gasteiger partial charge in [0.1, 0.15) is 6.54 Å². The second-order valence-corrected chi connectivity index (χ2v) is 7.26. The van der Waals surface area contributed by atoms with Gasteiger partial charge in [-0.2, -0.15) is 18.3 Å². The first-order chi connectivity index (χ1) is 10.5. The average Bonchev–Trinajstić information content (AvgIpc) is 2.82. The number of hydrogen-bond donors (Lipinski definition) is 1. The molecule has 1 N–H and O–H groups in total. The number of benzene rings is 1. The Bertz CT molecular complexity index is 767. The van der Waals surface area contributed by atoms with E-state index in [2.05, 4.69) is 10.4 Å². The number of aromatic nitrogens is 2. The highest BCUT2D eigenvalue weighted by Crippen LogP contribution is 2.22. The Kier molecular flexibility index (Phi) is 4.69. The van der Waals surface area contributed by atoms with Gasteiger partial charge in [0.05, 0.1) is 16.8 Å². The van der Waals surface area contributed by atoms with Crippen molar-refractivity contribution in [1.29, 1.82) is 0 Å². The van der Waals surface area contributed by atoms with E-state index < -0.39 is 22.6 Å². The molecule has 1 heterocycles. The summed E-state index contributed by atoms with van der Waals surface area (Å²) < 4.78 is 60.5. The maximum Gasteiger partial charge on any atom is 0.408 e. The zero-order valence-electron chi connectivity index (χ0n) is 12.5. The van der Waals surface area contributed by atoms with Crippen molar-refractivity contribution in [2.24, 2.45) is 0 Å². The van der Waals surface area contributed by atoms with Crippen LogP contribution in [0.15, 0.2) is 41.6 Å². The van der Waals surface area contributed by atoms with Gasteiger partial charge in [-0.15, -0.1) is 0 Å². The highest BCUT2D eigenvalue weighted by atomic mass is 32.2. The van der Waals surface area contributed by atoms with E-state index in [0.29, 0.717) is 5.69 Å². The van der Waals surface area contributed by atoms with E-state index in [4.69, 9.17) is 0 Å². The number of alkyl halides is 3. The van der Waals surface area contributed by atoms with Crippen LogP contribution >= 0.6 is 0 Å². The van der Waals surface area contributed by atoms with Gasteiger partial charge in [0, 0.05) is 18.5 Å². The predicted octanol–water partition coefficient (Wildman–Crippen LogP) is 3.02. The molecule has 0 spiro atoms. The maximum atomic E-state index is 12.3. The van der Waals surface area contributed by atoms with Gasteiger partial charge in [0.15, 0.2) is 9.84 Å². The molecule has 2 rings (SSSR count). The molecule has 0 fully saturated rings. The van der Waals surface area contributed by atoms with Gasteiger partial charge in [0.2, 0.25) is 0 Å². The van der Waals surface area contributed by atoms with Crippen molar-refractivity contribution < 1.29 is 21.6 Å². The molecule has 23 heavy (non-hydrogen) atoms. The molecule has 0 aliphatic carbocycles. The van der Waals surface area contributed by atoms with Gasteiger partial charge in [0.25, 0.3) is 0 Å². The van der Waals surface area contributed by atoms with Crippen molar-refractivity contribution in [2.75, 3.05) is 11.6 Å². The minimum Gasteiger partial charge on any atom is -0.376 e. The molecule has 0 aliphatic rings. The Hall–Kier alpha value is -2.03. The number of rotatable bonds is 5. The third kappa shape index (κ3) is 4.98. The van der Waals surface area contributed by atoms with Crippen LogP contribution in [0.3, 0.4) is 0 Å². The quantitative estimate of drug-likeness (QED) is 0.903. The van der Waals surface area contributed by atoms with E-state index in [0.717, 1.165) is 16.5 Å². The molecule has 126 valence electrons. The van der Waals surface area contributed by atoms with E-state index >= 15 is 0 Å². The molecule has 0 amide bonds. The van der Waals surface area contributed by atoms with Crippen LogP contribution in [0.2, 0.25) is 0 Å². The van der Waals surface area contributed by atoms with Crippen LogP contribution in [-0.4, -0.2) is 30.6 Å². The number of nitrogens with zero attached hydrogens (tertiary/aromatic N) is 2. The maximum absolute atomic E-state index is 12.3. The summed E-state index contributed by atoms with van der Waals surface area (Å²) in [6.45, 7) is 0.669. The lowest BCUT2D eigenvalue weighted by Gasteiger charge is -2.14. The van der Waals surface area contributed by atoms with Crippen LogP contribution in [-0.2, 0) is 16.4 Å². The topological polar surface area (TPSA) is 64.0 Å². The highest BCUT2D eigenvalue weighted by molar-refractivity contribution is 7.90. The fraction of sp³-hybridized carbons (Fsp3) is 0.357. The first kappa shape index (κ1) is 17.3. The van der Waals surface area contributed by atoms with Crippen LogP contribution in [0.5, 0.6) is 0 Å². The number of sulfone groups is 1. The molecule has 0 saturated carbocycles. The van der Waals surface area contributed by atoms with Crippen molar-refractivity contribution in [2.45, 2.75) is 30.6 Å². The van der Waals surface area contributed by atoms with Crippen LogP contribution in [0.25, 0.3) is 0 Å². The van der Waals surface area contributed by atoms with Gasteiger partial charge >= 0.3 is 6.18 Å². The standard InChI is InChI=1S/C14H16F3N3O2S/c1-10(11-3-5-13(6-4-11)23(2,21)22)19-12-7-18-20(8-12)9-14(15,16)17/h3-8,10,19H,9H2,1-2H3. The van der Waals surface area contributed by atoms with Gasteiger partial charge in [-0.25, -0.2) is 8.42 Å². The fourth-order valence-electron chi connectivity index (χ4n) is 2.05. The molecule has 9 heteroatoms. The third-order valence-corrected chi connectivity index (χ3v) is 4.29. The van der Waals surface area contributed by atoms with Crippen LogP contribution in [0.1, 0.15) is 18.5 Å². The van der Waals surface area contributed by atoms with Crippen molar-refractivity contribution in [3.05, 3.63) is 42.2 Å². The van der Waals surface area contributed by atoms with Gasteiger partial charge in [-0.3, -0.25) is 4.68 Å². The smallest absolute Gasteiger partial charge is 0.376 e. The van der Waals surface area contributed by atoms with Crippen molar-refractivity contribution in [3.63, 3.8) is 0 Å². The minimum absolute atomic E-state index is 0.214. The Balaban J connectivity index is 2.06. The van der Waals surface area contributed by atoms with E-state index in [-0.39, 0.29) is 10.9 Å². The molecule has 0 saturated heterocycles. The monoisotopic (exact) mass is 347 g/mol. The van der Waals surface area contributed by atoms with E-state index in [1.807, 2.05) is 6.92 Å². The second-order valence-electron chi connectivity index (χ2n) is 5.25. The molecular formula is C14H16F3N3O2S. The zero-order valence-corrected chi connectivity index (χ0v) is 13.3. The van der Waals surface area contributed by atoms with Gasteiger partial charge in [-0.1, -0.05) is 12.1 Å². The molecule has 5 nitrogen and oxygen atoms in total. The fourth-order valence-corrected chi connectivity index (χ4v) is 2.68. The van der Waals surface area contributed by atoms with Crippen molar-refractivity contribution in [3.8, 4) is 0 Å². The Labute approximate surface area is 132 Å². The molecule has 0 bridgehead atoms. The molecule has 2 aromatic rings. The summed E-state index contributed by atoms with van der Waals surface area (Å²) in [6, 6.07) is 6.10. The SMILES string of the molecule is CC(Nc1cnn(CC(F)(F)F)c1)c1ccc(S(C)(=O)=O)cc1. The summed E-state index contributed by atoms with van der Waals surface area (Å²) >= 11 is 0. The number of anilines is 1. The molecule has 1 aromatic carbocycles. The predicted molar refractivity (Wildman–Crippen MR) is 79.9 cm³/mol. The first-order valence-electron chi connectivity index (χ1n) is 6.70. The summed E-state index contributed by atoms with van der Waals surface area (Å²) in [5.74, 6) is 0. The minimum atomic E-state index is -4.32. The number of halogens is 3. The number of hydrogen-bond acceptors (Lipinski definition) is 4. The van der Waals surface area contributed by atoms with Crippen LogP contribution in [0, 0.1) is 0 Å². The molecule has 1 atom stereocenters. The normalized spacial score (nSPS) is 13.8. The average molecular weight is 347 g/mol. The second kappa shape index (κ2) is 6.23. The molecule has 1 aromatic heterocycles. The van der Waals surface area contributed by atoms with Crippen molar-refractivity contribution >= 4 is 15.5 Å². The molecule has 0 aliphatic heterocycles. The summed E-state index contributed by atoms with van der Waals surface area (Å²) in [5, 5.41) is 6.67. The summed E-state index contributed by atoms with van der Waals surface area (Å²) in [5.41, 5.74) is 1.26. The van der Waals surface area contributed by atoms with Crippen LogP contribution < -0.4 is 5.32 Å². The van der Waals surface area contributed by atoms with Crippen LogP contribution in [0.4, 0.5) is 18.9 Å². The Morgan fingerprint density at radius 3 is 2.39 bits per heavy atom. The lowest BCUT2D eigenvalue weighted by atomic mass is 10.1. The zero-order chi connectivity index (χ0) is 17.3. The van der Waals surface area contributed by atoms with E-state index in [1.54, 1.807) is 12.1 Å². The van der Waals surface area contributed by atoms with Crippen molar-refractivity contribution in [1.82, 2.24) is 9.78 Å². The lowest BCUT2D eigenvalue weighted by molar-refractivity contribution is -0.142. The molecular weight excluding hydrogens is 331 g/mol. The number of nitrogens with one attached hydrogen (secondary N) is 1. The van der Waals surface area contributed by atoms with Gasteiger partial charge in [-0.05, 0) is 24.6 Å². The molecule has 0 radical (unpaired) electrons. The van der Waals surface area contributed by atoms with E-state index in [9.17, 15) is 21.6 Å². The molecule has 1 unspecified atom stereocenters. The summed E-state index contributed by atoms with van der Waals surface area (Å²) in [7, 11) is -3.26. The third-order valence-electron chi connectivity index (χ3n) is 3.17. The van der Waals surface area contributed by atoms with E-state index in [1.165, 1.54) is 24.5 Å².